The molecular formula is C20H28N2O3. The molecule has 0 aromatic heterocycles. The number of para-hydroxylation sites is 2. The van der Waals surface area contributed by atoms with Gasteiger partial charge < -0.3 is 10.1 Å². The Labute approximate surface area is 149 Å². The highest BCUT2D eigenvalue weighted by Crippen LogP contribution is 2.34. The van der Waals surface area contributed by atoms with Gasteiger partial charge in [0.1, 0.15) is 11.8 Å². The van der Waals surface area contributed by atoms with Crippen LogP contribution in [-0.4, -0.2) is 30.5 Å². The van der Waals surface area contributed by atoms with Gasteiger partial charge in [-0.3, -0.25) is 14.5 Å². The molecule has 1 N–H and O–H groups in total. The van der Waals surface area contributed by atoms with E-state index in [1.807, 2.05) is 31.2 Å². The largest absolute Gasteiger partial charge is 0.482 e. The van der Waals surface area contributed by atoms with Gasteiger partial charge in [-0.15, -0.1) is 0 Å². The van der Waals surface area contributed by atoms with Crippen LogP contribution in [0.15, 0.2) is 24.3 Å². The first-order chi connectivity index (χ1) is 12.0. The van der Waals surface area contributed by atoms with Crippen LogP contribution in [0.2, 0.25) is 0 Å². The van der Waals surface area contributed by atoms with Crippen molar-refractivity contribution in [2.45, 2.75) is 58.5 Å². The van der Waals surface area contributed by atoms with Crippen molar-refractivity contribution in [1.82, 2.24) is 5.32 Å². The van der Waals surface area contributed by atoms with E-state index in [2.05, 4.69) is 19.2 Å². The van der Waals surface area contributed by atoms with Crippen LogP contribution in [0.1, 0.15) is 46.5 Å². The lowest BCUT2D eigenvalue weighted by Gasteiger charge is -2.38. The van der Waals surface area contributed by atoms with Crippen molar-refractivity contribution in [2.24, 2.45) is 11.8 Å². The number of amides is 2. The maximum Gasteiger partial charge on any atom is 0.265 e. The fourth-order valence-corrected chi connectivity index (χ4v) is 4.01. The van der Waals surface area contributed by atoms with Crippen molar-refractivity contribution in [3.8, 4) is 5.75 Å². The average molecular weight is 344 g/mol. The first-order valence-corrected chi connectivity index (χ1v) is 9.37. The van der Waals surface area contributed by atoms with E-state index < -0.39 is 6.04 Å². The summed E-state index contributed by atoms with van der Waals surface area (Å²) < 4.78 is 5.50. The monoisotopic (exact) mass is 344 g/mol. The van der Waals surface area contributed by atoms with E-state index >= 15 is 0 Å². The van der Waals surface area contributed by atoms with Gasteiger partial charge in [-0.1, -0.05) is 45.7 Å². The molecular weight excluding hydrogens is 316 g/mol. The lowest BCUT2D eigenvalue weighted by molar-refractivity contribution is -0.128. The minimum absolute atomic E-state index is 0.0162. The molecule has 5 heteroatoms. The predicted octanol–water partition coefficient (Wildman–Crippen LogP) is 3.13. The van der Waals surface area contributed by atoms with Crippen LogP contribution < -0.4 is 15.0 Å². The molecule has 1 aromatic carbocycles. The summed E-state index contributed by atoms with van der Waals surface area (Å²) in [6, 6.07) is 7.11. The second-order valence-electron chi connectivity index (χ2n) is 7.33. The van der Waals surface area contributed by atoms with Gasteiger partial charge in [0, 0.05) is 6.04 Å². The smallest absolute Gasteiger partial charge is 0.265 e. The summed E-state index contributed by atoms with van der Waals surface area (Å²) in [6.45, 7) is 6.40. The van der Waals surface area contributed by atoms with E-state index in [1.54, 1.807) is 4.90 Å². The van der Waals surface area contributed by atoms with Crippen molar-refractivity contribution in [3.63, 3.8) is 0 Å². The van der Waals surface area contributed by atoms with Crippen molar-refractivity contribution < 1.29 is 14.3 Å². The highest BCUT2D eigenvalue weighted by atomic mass is 16.5. The molecule has 2 aliphatic rings. The zero-order valence-electron chi connectivity index (χ0n) is 15.3. The number of hydrogen-bond donors (Lipinski definition) is 1. The van der Waals surface area contributed by atoms with Crippen LogP contribution in [0.4, 0.5) is 5.69 Å². The Hall–Kier alpha value is -2.04. The van der Waals surface area contributed by atoms with Gasteiger partial charge in [-0.05, 0) is 36.8 Å². The van der Waals surface area contributed by atoms with Crippen LogP contribution >= 0.6 is 0 Å². The van der Waals surface area contributed by atoms with Crippen molar-refractivity contribution in [2.75, 3.05) is 11.5 Å². The van der Waals surface area contributed by atoms with Crippen molar-refractivity contribution in [3.05, 3.63) is 24.3 Å². The third kappa shape index (κ3) is 3.51. The fourth-order valence-electron chi connectivity index (χ4n) is 4.01. The molecule has 4 atom stereocenters. The Morgan fingerprint density at radius 1 is 1.32 bits per heavy atom. The fraction of sp³-hybridized carbons (Fsp3) is 0.600. The second-order valence-corrected chi connectivity index (χ2v) is 7.33. The Balaban J connectivity index is 1.80. The molecule has 1 aliphatic carbocycles. The maximum absolute atomic E-state index is 13.0. The minimum Gasteiger partial charge on any atom is -0.482 e. The van der Waals surface area contributed by atoms with E-state index in [1.165, 1.54) is 6.42 Å². The third-order valence-corrected chi connectivity index (χ3v) is 5.78. The lowest BCUT2D eigenvalue weighted by atomic mass is 9.78. The Kier molecular flexibility index (Phi) is 5.30. The number of carbonyl (C=O) groups excluding carboxylic acids is 2. The molecule has 1 aliphatic heterocycles. The predicted molar refractivity (Wildman–Crippen MR) is 97.6 cm³/mol. The molecule has 0 spiro atoms. The summed E-state index contributed by atoms with van der Waals surface area (Å²) in [6.07, 6.45) is 3.95. The molecule has 0 bridgehead atoms. The summed E-state index contributed by atoms with van der Waals surface area (Å²) in [5.74, 6) is 1.52. The van der Waals surface area contributed by atoms with E-state index in [9.17, 15) is 9.59 Å². The number of anilines is 1. The zero-order valence-corrected chi connectivity index (χ0v) is 15.3. The first-order valence-electron chi connectivity index (χ1n) is 9.37. The molecule has 2 amide bonds. The van der Waals surface area contributed by atoms with E-state index in [0.717, 1.165) is 12.8 Å². The second kappa shape index (κ2) is 7.46. The number of benzene rings is 1. The third-order valence-electron chi connectivity index (χ3n) is 5.78. The van der Waals surface area contributed by atoms with E-state index in [0.29, 0.717) is 29.7 Å². The molecule has 25 heavy (non-hydrogen) atoms. The summed E-state index contributed by atoms with van der Waals surface area (Å²) in [5.41, 5.74) is 0.686. The van der Waals surface area contributed by atoms with Crippen LogP contribution in [0.3, 0.4) is 0 Å². The van der Waals surface area contributed by atoms with Gasteiger partial charge in [-0.25, -0.2) is 0 Å². The van der Waals surface area contributed by atoms with Gasteiger partial charge in [-0.2, -0.15) is 0 Å². The van der Waals surface area contributed by atoms with Crippen LogP contribution in [0.25, 0.3) is 0 Å². The molecule has 1 heterocycles. The Bertz CT molecular complexity index is 646. The van der Waals surface area contributed by atoms with Gasteiger partial charge in [0.05, 0.1) is 5.69 Å². The average Bonchev–Trinajstić information content (AvgIpc) is 2.61. The number of ether oxygens (including phenoxy) is 1. The number of nitrogens with one attached hydrogen (secondary N) is 1. The topological polar surface area (TPSA) is 58.6 Å². The highest BCUT2D eigenvalue weighted by molar-refractivity contribution is 6.03. The minimum atomic E-state index is -0.498. The number of rotatable bonds is 4. The quantitative estimate of drug-likeness (QED) is 0.913. The lowest BCUT2D eigenvalue weighted by Crippen LogP contribution is -2.55. The Morgan fingerprint density at radius 2 is 2.08 bits per heavy atom. The van der Waals surface area contributed by atoms with E-state index in [-0.39, 0.29) is 24.5 Å². The van der Waals surface area contributed by atoms with Crippen LogP contribution in [-0.2, 0) is 9.59 Å². The summed E-state index contributed by atoms with van der Waals surface area (Å²) >= 11 is 0. The number of hydrogen-bond acceptors (Lipinski definition) is 3. The molecule has 0 radical (unpaired) electrons. The SMILES string of the molecule is CCC(C(=O)NC1CCCC(C)C1C)N1C(=O)COc2ccccc21. The Morgan fingerprint density at radius 3 is 2.84 bits per heavy atom. The van der Waals surface area contributed by atoms with Crippen molar-refractivity contribution in [1.29, 1.82) is 0 Å². The molecule has 4 unspecified atom stereocenters. The van der Waals surface area contributed by atoms with Gasteiger partial charge >= 0.3 is 0 Å². The summed E-state index contributed by atoms with van der Waals surface area (Å²) in [5, 5.41) is 3.23. The molecule has 0 saturated heterocycles. The number of carbonyl (C=O) groups is 2. The molecule has 5 nitrogen and oxygen atoms in total. The summed E-state index contributed by atoms with van der Waals surface area (Å²) in [7, 11) is 0. The van der Waals surface area contributed by atoms with Crippen LogP contribution in [0, 0.1) is 11.8 Å². The van der Waals surface area contributed by atoms with Gasteiger partial charge in [0.2, 0.25) is 5.91 Å². The molecule has 136 valence electrons. The first kappa shape index (κ1) is 17.8. The molecule has 1 fully saturated rings. The normalized spacial score (nSPS) is 27.2. The zero-order chi connectivity index (χ0) is 18.0. The van der Waals surface area contributed by atoms with Crippen LogP contribution in [0.5, 0.6) is 5.75 Å². The summed E-state index contributed by atoms with van der Waals surface area (Å²) in [4.78, 5) is 27.1. The van der Waals surface area contributed by atoms with E-state index in [4.69, 9.17) is 4.74 Å². The maximum atomic E-state index is 13.0. The highest BCUT2D eigenvalue weighted by Gasteiger charge is 2.36. The molecule has 3 rings (SSSR count). The standard InChI is InChI=1S/C20H28N2O3/c1-4-16(20(24)21-15-9-7-8-13(2)14(15)3)22-17-10-5-6-11-18(17)25-12-19(22)23/h5-6,10-11,13-16H,4,7-9,12H2,1-3H3,(H,21,24). The van der Waals surface area contributed by atoms with Crippen molar-refractivity contribution >= 4 is 17.5 Å². The number of fused-ring (bicyclic) bond motifs is 1. The van der Waals surface area contributed by atoms with Gasteiger partial charge in [0.15, 0.2) is 6.61 Å². The molecule has 1 aromatic rings. The van der Waals surface area contributed by atoms with Gasteiger partial charge in [0.25, 0.3) is 5.91 Å². The molecule has 1 saturated carbocycles. The number of nitrogens with zero attached hydrogens (tertiary/aromatic N) is 1.